The minimum Gasteiger partial charge on any atom is -0.396 e. The SMILES string of the molecule is C/C=C/CCNC(=O)NCC1(CO)CCOCC1. The van der Waals surface area contributed by atoms with Crippen molar-refractivity contribution in [3.63, 3.8) is 0 Å². The molecule has 1 aliphatic rings. The van der Waals surface area contributed by atoms with Gasteiger partial charge in [-0.2, -0.15) is 0 Å². The summed E-state index contributed by atoms with van der Waals surface area (Å²) >= 11 is 0. The second kappa shape index (κ2) is 8.11. The van der Waals surface area contributed by atoms with Gasteiger partial charge in [0.1, 0.15) is 0 Å². The van der Waals surface area contributed by atoms with Crippen LogP contribution in [-0.2, 0) is 4.74 Å². The molecular weight excluding hydrogens is 232 g/mol. The first kappa shape index (κ1) is 15.0. The van der Waals surface area contributed by atoms with E-state index in [4.69, 9.17) is 4.74 Å². The Kier molecular flexibility index (Phi) is 6.75. The summed E-state index contributed by atoms with van der Waals surface area (Å²) in [5.74, 6) is 0. The van der Waals surface area contributed by atoms with Gasteiger partial charge in [-0.25, -0.2) is 4.79 Å². The fourth-order valence-electron chi connectivity index (χ4n) is 1.96. The van der Waals surface area contributed by atoms with Gasteiger partial charge in [0.25, 0.3) is 0 Å². The summed E-state index contributed by atoms with van der Waals surface area (Å²) in [5, 5.41) is 15.1. The number of rotatable bonds is 6. The van der Waals surface area contributed by atoms with Crippen LogP contribution in [0.4, 0.5) is 4.79 Å². The fraction of sp³-hybridized carbons (Fsp3) is 0.769. The molecule has 0 saturated carbocycles. The maximum atomic E-state index is 11.5. The molecule has 1 aliphatic heterocycles. The van der Waals surface area contributed by atoms with Crippen LogP contribution in [0.1, 0.15) is 26.2 Å². The van der Waals surface area contributed by atoms with E-state index >= 15 is 0 Å². The molecule has 3 N–H and O–H groups in total. The van der Waals surface area contributed by atoms with E-state index < -0.39 is 0 Å². The number of amides is 2. The summed E-state index contributed by atoms with van der Waals surface area (Å²) < 4.78 is 5.28. The Hall–Kier alpha value is -1.07. The molecule has 0 bridgehead atoms. The number of carbonyl (C=O) groups excluding carboxylic acids is 1. The minimum atomic E-state index is -0.209. The van der Waals surface area contributed by atoms with E-state index in [1.807, 2.05) is 19.1 Å². The van der Waals surface area contributed by atoms with Crippen LogP contribution in [-0.4, -0.2) is 44.0 Å². The summed E-state index contributed by atoms with van der Waals surface area (Å²) in [5.41, 5.74) is -0.209. The highest BCUT2D eigenvalue weighted by atomic mass is 16.5. The van der Waals surface area contributed by atoms with Crippen LogP contribution in [0.15, 0.2) is 12.2 Å². The van der Waals surface area contributed by atoms with Gasteiger partial charge in [0.2, 0.25) is 0 Å². The van der Waals surface area contributed by atoms with Crippen LogP contribution < -0.4 is 10.6 Å². The molecule has 0 aromatic heterocycles. The highest BCUT2D eigenvalue weighted by molar-refractivity contribution is 5.73. The van der Waals surface area contributed by atoms with Gasteiger partial charge in [-0.15, -0.1) is 0 Å². The van der Waals surface area contributed by atoms with Crippen molar-refractivity contribution < 1.29 is 14.6 Å². The zero-order valence-electron chi connectivity index (χ0n) is 11.1. The second-order valence-corrected chi connectivity index (χ2v) is 4.74. The number of ether oxygens (including phenoxy) is 1. The predicted octanol–water partition coefficient (Wildman–Crippen LogP) is 1.04. The lowest BCUT2D eigenvalue weighted by Gasteiger charge is -2.35. The zero-order valence-corrected chi connectivity index (χ0v) is 11.1. The van der Waals surface area contributed by atoms with Crippen LogP contribution in [0.2, 0.25) is 0 Å². The van der Waals surface area contributed by atoms with Crippen molar-refractivity contribution in [3.05, 3.63) is 12.2 Å². The van der Waals surface area contributed by atoms with Crippen molar-refractivity contribution in [2.45, 2.75) is 26.2 Å². The van der Waals surface area contributed by atoms with Crippen LogP contribution in [0.3, 0.4) is 0 Å². The van der Waals surface area contributed by atoms with E-state index in [9.17, 15) is 9.90 Å². The van der Waals surface area contributed by atoms with Crippen LogP contribution in [0.25, 0.3) is 0 Å². The Morgan fingerprint density at radius 2 is 2.11 bits per heavy atom. The lowest BCUT2D eigenvalue weighted by molar-refractivity contribution is -0.0138. The van der Waals surface area contributed by atoms with Gasteiger partial charge < -0.3 is 20.5 Å². The average Bonchev–Trinajstić information content (AvgIpc) is 2.42. The largest absolute Gasteiger partial charge is 0.396 e. The summed E-state index contributed by atoms with van der Waals surface area (Å²) in [6.07, 6.45) is 6.39. The van der Waals surface area contributed by atoms with E-state index in [2.05, 4.69) is 10.6 Å². The van der Waals surface area contributed by atoms with Crippen LogP contribution in [0.5, 0.6) is 0 Å². The molecule has 0 unspecified atom stereocenters. The lowest BCUT2D eigenvalue weighted by Crippen LogP contribution is -2.46. The van der Waals surface area contributed by atoms with Gasteiger partial charge in [-0.3, -0.25) is 0 Å². The van der Waals surface area contributed by atoms with Crippen molar-refractivity contribution in [3.8, 4) is 0 Å². The van der Waals surface area contributed by atoms with Gasteiger partial charge in [-0.05, 0) is 26.2 Å². The molecule has 0 atom stereocenters. The Labute approximate surface area is 109 Å². The molecule has 0 aromatic rings. The van der Waals surface area contributed by atoms with Crippen LogP contribution >= 0.6 is 0 Å². The van der Waals surface area contributed by atoms with Crippen LogP contribution in [0, 0.1) is 5.41 Å². The van der Waals surface area contributed by atoms with E-state index in [0.717, 1.165) is 19.3 Å². The molecule has 0 spiro atoms. The molecule has 1 saturated heterocycles. The number of nitrogens with one attached hydrogen (secondary N) is 2. The van der Waals surface area contributed by atoms with E-state index in [0.29, 0.717) is 26.3 Å². The van der Waals surface area contributed by atoms with Gasteiger partial charge in [0.05, 0.1) is 6.61 Å². The quantitative estimate of drug-likeness (QED) is 0.491. The third-order valence-corrected chi connectivity index (χ3v) is 3.35. The number of hydrogen-bond donors (Lipinski definition) is 3. The third kappa shape index (κ3) is 5.06. The number of allylic oxidation sites excluding steroid dienone is 1. The number of aliphatic hydroxyl groups excluding tert-OH is 1. The maximum absolute atomic E-state index is 11.5. The summed E-state index contributed by atoms with van der Waals surface area (Å²) in [6.45, 7) is 4.50. The predicted molar refractivity (Wildman–Crippen MR) is 70.4 cm³/mol. The molecule has 0 radical (unpaired) electrons. The van der Waals surface area contributed by atoms with Gasteiger partial charge in [0.15, 0.2) is 0 Å². The van der Waals surface area contributed by atoms with Gasteiger partial charge in [0, 0.05) is 31.7 Å². The first-order chi connectivity index (χ1) is 8.72. The molecule has 5 nitrogen and oxygen atoms in total. The van der Waals surface area contributed by atoms with Crippen molar-refractivity contribution in [2.24, 2.45) is 5.41 Å². The molecule has 1 heterocycles. The van der Waals surface area contributed by atoms with E-state index in [1.165, 1.54) is 0 Å². The number of carbonyl (C=O) groups is 1. The molecule has 5 heteroatoms. The number of urea groups is 1. The topological polar surface area (TPSA) is 70.6 Å². The first-order valence-corrected chi connectivity index (χ1v) is 6.54. The molecule has 18 heavy (non-hydrogen) atoms. The van der Waals surface area contributed by atoms with Crippen molar-refractivity contribution in [1.82, 2.24) is 10.6 Å². The lowest BCUT2D eigenvalue weighted by atomic mass is 9.81. The number of hydrogen-bond acceptors (Lipinski definition) is 3. The smallest absolute Gasteiger partial charge is 0.314 e. The van der Waals surface area contributed by atoms with Crippen molar-refractivity contribution in [1.29, 1.82) is 0 Å². The molecule has 0 aliphatic carbocycles. The Balaban J connectivity index is 2.23. The first-order valence-electron chi connectivity index (χ1n) is 6.54. The summed E-state index contributed by atoms with van der Waals surface area (Å²) in [7, 11) is 0. The van der Waals surface area contributed by atoms with Gasteiger partial charge >= 0.3 is 6.03 Å². The van der Waals surface area contributed by atoms with Crippen molar-refractivity contribution in [2.75, 3.05) is 32.9 Å². The molecule has 0 aromatic carbocycles. The van der Waals surface area contributed by atoms with Crippen molar-refractivity contribution >= 4 is 6.03 Å². The second-order valence-electron chi connectivity index (χ2n) is 4.74. The Morgan fingerprint density at radius 1 is 1.39 bits per heavy atom. The van der Waals surface area contributed by atoms with E-state index in [1.54, 1.807) is 0 Å². The highest BCUT2D eigenvalue weighted by Gasteiger charge is 2.32. The Bertz CT molecular complexity index is 273. The molecule has 2 amide bonds. The standard InChI is InChI=1S/C13H24N2O3/c1-2-3-4-7-14-12(17)15-10-13(11-16)5-8-18-9-6-13/h2-3,16H,4-11H2,1H3,(H2,14,15,17)/b3-2+. The fourth-order valence-corrected chi connectivity index (χ4v) is 1.96. The number of aliphatic hydroxyl groups is 1. The molecule has 104 valence electrons. The average molecular weight is 256 g/mol. The Morgan fingerprint density at radius 3 is 2.72 bits per heavy atom. The summed E-state index contributed by atoms with van der Waals surface area (Å²) in [6, 6.07) is -0.168. The molecule has 1 fully saturated rings. The van der Waals surface area contributed by atoms with Gasteiger partial charge in [-0.1, -0.05) is 12.2 Å². The normalized spacial score (nSPS) is 18.8. The molecule has 1 rings (SSSR count). The minimum absolute atomic E-state index is 0.0925. The monoisotopic (exact) mass is 256 g/mol. The zero-order chi connectivity index (χ0) is 13.3. The summed E-state index contributed by atoms with van der Waals surface area (Å²) in [4.78, 5) is 11.5. The van der Waals surface area contributed by atoms with E-state index in [-0.39, 0.29) is 18.1 Å². The molecular formula is C13H24N2O3. The highest BCUT2D eigenvalue weighted by Crippen LogP contribution is 2.28. The third-order valence-electron chi connectivity index (χ3n) is 3.35. The maximum Gasteiger partial charge on any atom is 0.314 e.